The second-order valence-corrected chi connectivity index (χ2v) is 14.2. The summed E-state index contributed by atoms with van der Waals surface area (Å²) in [6, 6.07) is 21.6. The minimum Gasteiger partial charge on any atom is -0.451 e. The maximum Gasteiger partial charge on any atom is 0.287 e. The number of likely N-dealkylation sites (tertiary alicyclic amines) is 2. The summed E-state index contributed by atoms with van der Waals surface area (Å²) in [4.78, 5) is 57.0. The van der Waals surface area contributed by atoms with Gasteiger partial charge in [0.05, 0.1) is 5.39 Å². The number of hydrogen-bond donors (Lipinski definition) is 1. The van der Waals surface area contributed by atoms with Crippen LogP contribution in [0.5, 0.6) is 0 Å². The van der Waals surface area contributed by atoms with Crippen molar-refractivity contribution in [3.05, 3.63) is 116 Å². The van der Waals surface area contributed by atoms with Crippen molar-refractivity contribution in [2.24, 2.45) is 0 Å². The van der Waals surface area contributed by atoms with E-state index in [0.717, 1.165) is 49.8 Å². The van der Waals surface area contributed by atoms with Gasteiger partial charge >= 0.3 is 0 Å². The average Bonchev–Trinajstić information content (AvgIpc) is 3.81. The third kappa shape index (κ3) is 7.44. The fraction of sp³-hybridized carbons (Fsp3) is 0.400. The van der Waals surface area contributed by atoms with Crippen LogP contribution in [-0.2, 0) is 22.6 Å². The first-order valence-electron chi connectivity index (χ1n) is 17.6. The van der Waals surface area contributed by atoms with E-state index in [1.54, 1.807) is 18.2 Å². The molecule has 1 aromatic heterocycles. The lowest BCUT2D eigenvalue weighted by molar-refractivity contribution is -0.134. The molecule has 254 valence electrons. The number of amides is 3. The van der Waals surface area contributed by atoms with Crippen molar-refractivity contribution < 1.29 is 18.8 Å². The number of fused-ring (bicyclic) bond motifs is 1. The van der Waals surface area contributed by atoms with Crippen LogP contribution in [0.15, 0.2) is 82.0 Å². The highest BCUT2D eigenvalue weighted by Crippen LogP contribution is 2.35. The molecule has 3 fully saturated rings. The Bertz CT molecular complexity index is 1910. The van der Waals surface area contributed by atoms with Crippen LogP contribution in [0.25, 0.3) is 11.0 Å². The fourth-order valence-electron chi connectivity index (χ4n) is 7.87. The molecule has 7 rings (SSSR count). The van der Waals surface area contributed by atoms with Gasteiger partial charge in [-0.05, 0) is 90.5 Å². The standard InChI is InChI=1S/C40H42ClN3O5/c41-31-14-11-26(12-15-31)22-34(42-39(47)37-24-35(45)33-23-29(13-16-36(33)49-37)27-6-1-2-7-27)40(48)43-20-17-28(18-21-43)32-9-4-3-8-30(32)25-44-19-5-10-38(44)46/h3-4,8-9,11-16,23-24,27-28,34H,1-2,5-7,10,17-22,25H2,(H,42,47)/t34-/m0/s1. The number of rotatable bonds is 9. The number of benzene rings is 3. The van der Waals surface area contributed by atoms with Crippen LogP contribution in [0.4, 0.5) is 0 Å². The third-order valence-corrected chi connectivity index (χ3v) is 10.8. The Kier molecular flexibility index (Phi) is 9.85. The molecule has 0 spiro atoms. The van der Waals surface area contributed by atoms with Gasteiger partial charge in [-0.3, -0.25) is 19.2 Å². The van der Waals surface area contributed by atoms with Crippen LogP contribution < -0.4 is 10.7 Å². The highest BCUT2D eigenvalue weighted by atomic mass is 35.5. The zero-order valence-corrected chi connectivity index (χ0v) is 28.4. The second kappa shape index (κ2) is 14.6. The van der Waals surface area contributed by atoms with E-state index in [1.165, 1.54) is 30.0 Å². The largest absolute Gasteiger partial charge is 0.451 e. The van der Waals surface area contributed by atoms with Gasteiger partial charge in [-0.25, -0.2) is 0 Å². The minimum atomic E-state index is -0.871. The zero-order valence-electron chi connectivity index (χ0n) is 27.7. The minimum absolute atomic E-state index is 0.119. The van der Waals surface area contributed by atoms with Crippen molar-refractivity contribution in [2.75, 3.05) is 19.6 Å². The normalized spacial score (nSPS) is 17.9. The molecule has 4 aromatic rings. The highest BCUT2D eigenvalue weighted by Gasteiger charge is 2.32. The molecule has 1 N–H and O–H groups in total. The maximum absolute atomic E-state index is 14.1. The molecule has 3 aliphatic rings. The van der Waals surface area contributed by atoms with Crippen molar-refractivity contribution in [2.45, 2.75) is 82.2 Å². The molecule has 0 radical (unpaired) electrons. The van der Waals surface area contributed by atoms with Crippen molar-refractivity contribution >= 4 is 40.3 Å². The number of piperidine rings is 1. The topological polar surface area (TPSA) is 99.9 Å². The predicted octanol–water partition coefficient (Wildman–Crippen LogP) is 6.97. The zero-order chi connectivity index (χ0) is 33.9. The Balaban J connectivity index is 1.07. The summed E-state index contributed by atoms with van der Waals surface area (Å²) < 4.78 is 5.96. The van der Waals surface area contributed by atoms with E-state index in [4.69, 9.17) is 16.0 Å². The third-order valence-electron chi connectivity index (χ3n) is 10.6. The van der Waals surface area contributed by atoms with Gasteiger partial charge in [0.1, 0.15) is 11.6 Å². The van der Waals surface area contributed by atoms with Gasteiger partial charge in [0.25, 0.3) is 5.91 Å². The van der Waals surface area contributed by atoms with E-state index in [9.17, 15) is 19.2 Å². The van der Waals surface area contributed by atoms with E-state index in [2.05, 4.69) is 17.4 Å². The number of nitrogens with one attached hydrogen (secondary N) is 1. The van der Waals surface area contributed by atoms with Crippen molar-refractivity contribution in [1.29, 1.82) is 0 Å². The average molecular weight is 680 g/mol. The molecule has 1 aliphatic carbocycles. The van der Waals surface area contributed by atoms with E-state index in [-0.39, 0.29) is 35.3 Å². The van der Waals surface area contributed by atoms with Gasteiger partial charge in [-0.1, -0.05) is 66.9 Å². The van der Waals surface area contributed by atoms with E-state index in [0.29, 0.717) is 48.0 Å². The van der Waals surface area contributed by atoms with Gasteiger partial charge in [0, 0.05) is 50.1 Å². The summed E-state index contributed by atoms with van der Waals surface area (Å²) in [5, 5.41) is 3.95. The van der Waals surface area contributed by atoms with Crippen LogP contribution >= 0.6 is 11.6 Å². The Morgan fingerprint density at radius 1 is 0.857 bits per heavy atom. The first-order valence-corrected chi connectivity index (χ1v) is 18.0. The molecule has 1 saturated carbocycles. The summed E-state index contributed by atoms with van der Waals surface area (Å²) in [7, 11) is 0. The Morgan fingerprint density at radius 3 is 2.35 bits per heavy atom. The molecule has 8 nitrogen and oxygen atoms in total. The van der Waals surface area contributed by atoms with Gasteiger partial charge < -0.3 is 19.5 Å². The Labute approximate surface area is 291 Å². The summed E-state index contributed by atoms with van der Waals surface area (Å²) in [5.41, 5.74) is 4.48. The molecule has 2 saturated heterocycles. The predicted molar refractivity (Wildman–Crippen MR) is 190 cm³/mol. The molecule has 3 amide bonds. The highest BCUT2D eigenvalue weighted by molar-refractivity contribution is 6.30. The lowest BCUT2D eigenvalue weighted by atomic mass is 9.86. The maximum atomic E-state index is 14.1. The summed E-state index contributed by atoms with van der Waals surface area (Å²) in [6.07, 6.45) is 7.96. The molecule has 1 atom stereocenters. The number of halogens is 1. The molecular formula is C40H42ClN3O5. The quantitative estimate of drug-likeness (QED) is 0.206. The number of carbonyl (C=O) groups is 3. The van der Waals surface area contributed by atoms with Crippen molar-refractivity contribution in [3.8, 4) is 0 Å². The molecule has 9 heteroatoms. The molecule has 3 aromatic carbocycles. The van der Waals surface area contributed by atoms with E-state index >= 15 is 0 Å². The summed E-state index contributed by atoms with van der Waals surface area (Å²) >= 11 is 6.13. The number of hydrogen-bond acceptors (Lipinski definition) is 5. The molecule has 2 aliphatic heterocycles. The van der Waals surface area contributed by atoms with Gasteiger partial charge in [0.2, 0.25) is 11.8 Å². The van der Waals surface area contributed by atoms with E-state index < -0.39 is 11.9 Å². The smallest absolute Gasteiger partial charge is 0.287 e. The van der Waals surface area contributed by atoms with E-state index in [1.807, 2.05) is 46.2 Å². The molecular weight excluding hydrogens is 638 g/mol. The van der Waals surface area contributed by atoms with Crippen LogP contribution in [0, 0.1) is 0 Å². The fourth-order valence-corrected chi connectivity index (χ4v) is 8.00. The molecule has 0 unspecified atom stereocenters. The number of carbonyl (C=O) groups excluding carboxylic acids is 3. The van der Waals surface area contributed by atoms with Crippen LogP contribution in [0.3, 0.4) is 0 Å². The van der Waals surface area contributed by atoms with Gasteiger partial charge in [0.15, 0.2) is 11.2 Å². The van der Waals surface area contributed by atoms with Crippen molar-refractivity contribution in [1.82, 2.24) is 15.1 Å². The van der Waals surface area contributed by atoms with Crippen LogP contribution in [0.2, 0.25) is 5.02 Å². The number of nitrogens with zero attached hydrogens (tertiary/aromatic N) is 2. The molecule has 49 heavy (non-hydrogen) atoms. The van der Waals surface area contributed by atoms with Crippen LogP contribution in [0.1, 0.15) is 96.0 Å². The first-order chi connectivity index (χ1) is 23.8. The lowest BCUT2D eigenvalue weighted by Gasteiger charge is -2.35. The monoisotopic (exact) mass is 679 g/mol. The molecule has 0 bridgehead atoms. The lowest BCUT2D eigenvalue weighted by Crippen LogP contribution is -2.51. The Hall–Kier alpha value is -4.43. The SMILES string of the molecule is O=C(N[C@@H](Cc1ccc(Cl)cc1)C(=O)N1CCC(c2ccccc2CN2CCCC2=O)CC1)c1cc(=O)c2cc(C3CCCC3)ccc2o1. The first kappa shape index (κ1) is 33.1. The van der Waals surface area contributed by atoms with Gasteiger partial charge in [-0.2, -0.15) is 0 Å². The van der Waals surface area contributed by atoms with Gasteiger partial charge in [-0.15, -0.1) is 0 Å². The molecule has 3 heterocycles. The van der Waals surface area contributed by atoms with Crippen LogP contribution in [-0.4, -0.2) is 53.2 Å². The second-order valence-electron chi connectivity index (χ2n) is 13.8. The summed E-state index contributed by atoms with van der Waals surface area (Å²) in [6.45, 7) is 2.50. The van der Waals surface area contributed by atoms with Crippen molar-refractivity contribution in [3.63, 3.8) is 0 Å². The summed E-state index contributed by atoms with van der Waals surface area (Å²) in [5.74, 6) is 0.0240. The Morgan fingerprint density at radius 2 is 1.61 bits per heavy atom.